The molecule has 130 valence electrons. The van der Waals surface area contributed by atoms with Gasteiger partial charge in [-0.3, -0.25) is 4.79 Å². The fourth-order valence-electron chi connectivity index (χ4n) is 3.64. The Hall–Kier alpha value is -2.08. The number of likely N-dealkylation sites (tertiary alicyclic amines) is 1. The largest absolute Gasteiger partial charge is 0.482 e. The number of carboxylic acid groups (broad SMARTS) is 1. The molecule has 1 aromatic carbocycles. The van der Waals surface area contributed by atoms with Gasteiger partial charge in [0.15, 0.2) is 6.61 Å². The van der Waals surface area contributed by atoms with E-state index in [-0.39, 0.29) is 11.3 Å². The molecule has 24 heavy (non-hydrogen) atoms. The third-order valence-electron chi connectivity index (χ3n) is 4.95. The quantitative estimate of drug-likeness (QED) is 0.914. The Morgan fingerprint density at radius 1 is 1.25 bits per heavy atom. The molecule has 3 rings (SSSR count). The van der Waals surface area contributed by atoms with Crippen LogP contribution in [-0.2, 0) is 9.53 Å². The normalized spacial score (nSPS) is 19.9. The summed E-state index contributed by atoms with van der Waals surface area (Å²) in [6.07, 6.45) is 4.19. The van der Waals surface area contributed by atoms with Crippen LogP contribution in [0.25, 0.3) is 0 Å². The Bertz CT molecular complexity index is 604. The van der Waals surface area contributed by atoms with Gasteiger partial charge in [-0.2, -0.15) is 0 Å². The summed E-state index contributed by atoms with van der Waals surface area (Å²) < 4.78 is 10.6. The van der Waals surface area contributed by atoms with E-state index >= 15 is 0 Å². The second kappa shape index (κ2) is 7.21. The van der Waals surface area contributed by atoms with E-state index in [0.29, 0.717) is 11.3 Å². The van der Waals surface area contributed by atoms with Crippen molar-refractivity contribution in [3.63, 3.8) is 0 Å². The number of hydrogen-bond acceptors (Lipinski definition) is 4. The predicted molar refractivity (Wildman–Crippen MR) is 87.2 cm³/mol. The van der Waals surface area contributed by atoms with E-state index in [1.165, 1.54) is 0 Å². The zero-order valence-corrected chi connectivity index (χ0v) is 13.7. The molecule has 2 aliphatic rings. The number of carbonyl (C=O) groups excluding carboxylic acids is 1. The van der Waals surface area contributed by atoms with Crippen LogP contribution in [0.2, 0.25) is 0 Å². The lowest BCUT2D eigenvalue weighted by Gasteiger charge is -2.45. The number of nitrogens with zero attached hydrogens (tertiary/aromatic N) is 1. The number of carboxylic acids is 1. The maximum absolute atomic E-state index is 12.8. The number of benzene rings is 1. The molecule has 1 aromatic rings. The SMILES string of the molecule is O=C(O)COc1cccc(C(=O)N2CCCC3(CCOCC3)C2)c1. The molecule has 2 aliphatic heterocycles. The first-order valence-corrected chi connectivity index (χ1v) is 8.40. The van der Waals surface area contributed by atoms with Gasteiger partial charge in [-0.05, 0) is 49.3 Å². The lowest BCUT2D eigenvalue weighted by molar-refractivity contribution is -0.139. The molecule has 2 fully saturated rings. The van der Waals surface area contributed by atoms with Gasteiger partial charge in [0.25, 0.3) is 5.91 Å². The molecule has 0 aromatic heterocycles. The van der Waals surface area contributed by atoms with Crippen molar-refractivity contribution in [1.29, 1.82) is 0 Å². The molecule has 0 radical (unpaired) electrons. The molecule has 0 saturated carbocycles. The summed E-state index contributed by atoms with van der Waals surface area (Å²) in [6, 6.07) is 6.76. The van der Waals surface area contributed by atoms with Crippen molar-refractivity contribution in [2.75, 3.05) is 32.9 Å². The van der Waals surface area contributed by atoms with Crippen molar-refractivity contribution < 1.29 is 24.2 Å². The van der Waals surface area contributed by atoms with Crippen molar-refractivity contribution in [3.05, 3.63) is 29.8 Å². The van der Waals surface area contributed by atoms with Crippen molar-refractivity contribution in [3.8, 4) is 5.75 Å². The molecular weight excluding hydrogens is 310 g/mol. The average Bonchev–Trinajstić information content (AvgIpc) is 2.60. The summed E-state index contributed by atoms with van der Waals surface area (Å²) >= 11 is 0. The highest BCUT2D eigenvalue weighted by molar-refractivity contribution is 5.94. The maximum atomic E-state index is 12.8. The van der Waals surface area contributed by atoms with Crippen molar-refractivity contribution in [2.24, 2.45) is 5.41 Å². The molecule has 0 unspecified atom stereocenters. The molecule has 6 nitrogen and oxygen atoms in total. The van der Waals surface area contributed by atoms with E-state index in [4.69, 9.17) is 14.6 Å². The molecular formula is C18H23NO5. The standard InChI is InChI=1S/C18H23NO5/c20-16(21)12-24-15-4-1-3-14(11-15)17(22)19-8-2-5-18(13-19)6-9-23-10-7-18/h1,3-4,11H,2,5-10,12-13H2,(H,20,21). The van der Waals surface area contributed by atoms with E-state index in [0.717, 1.165) is 52.0 Å². The summed E-state index contributed by atoms with van der Waals surface area (Å²) in [4.78, 5) is 25.4. The Morgan fingerprint density at radius 2 is 2.04 bits per heavy atom. The first kappa shape index (κ1) is 16.8. The lowest BCUT2D eigenvalue weighted by Crippen LogP contribution is -2.48. The van der Waals surface area contributed by atoms with Crippen LogP contribution in [0.3, 0.4) is 0 Å². The fourth-order valence-corrected chi connectivity index (χ4v) is 3.64. The molecule has 6 heteroatoms. The number of piperidine rings is 1. The summed E-state index contributed by atoms with van der Waals surface area (Å²) in [7, 11) is 0. The van der Waals surface area contributed by atoms with Crippen LogP contribution in [0.5, 0.6) is 5.75 Å². The zero-order valence-electron chi connectivity index (χ0n) is 13.7. The minimum Gasteiger partial charge on any atom is -0.482 e. The van der Waals surface area contributed by atoms with Gasteiger partial charge in [-0.1, -0.05) is 6.07 Å². The summed E-state index contributed by atoms with van der Waals surface area (Å²) in [5.74, 6) is -0.647. The van der Waals surface area contributed by atoms with E-state index in [1.54, 1.807) is 24.3 Å². The van der Waals surface area contributed by atoms with E-state index in [2.05, 4.69) is 0 Å². The van der Waals surface area contributed by atoms with Crippen molar-refractivity contribution in [2.45, 2.75) is 25.7 Å². The summed E-state index contributed by atoms with van der Waals surface area (Å²) in [6.45, 7) is 2.68. The Balaban J connectivity index is 1.69. The lowest BCUT2D eigenvalue weighted by atomic mass is 9.74. The van der Waals surface area contributed by atoms with Crippen LogP contribution in [0, 0.1) is 5.41 Å². The predicted octanol–water partition coefficient (Wildman–Crippen LogP) is 2.18. The number of carbonyl (C=O) groups is 2. The van der Waals surface area contributed by atoms with E-state index in [1.807, 2.05) is 4.90 Å². The van der Waals surface area contributed by atoms with Crippen LogP contribution < -0.4 is 4.74 Å². The van der Waals surface area contributed by atoms with Gasteiger partial charge >= 0.3 is 5.97 Å². The first-order chi connectivity index (χ1) is 11.6. The van der Waals surface area contributed by atoms with Crippen LogP contribution in [0.4, 0.5) is 0 Å². The Morgan fingerprint density at radius 3 is 2.79 bits per heavy atom. The van der Waals surface area contributed by atoms with Gasteiger partial charge in [-0.15, -0.1) is 0 Å². The van der Waals surface area contributed by atoms with Crippen LogP contribution in [-0.4, -0.2) is 54.8 Å². The summed E-state index contributed by atoms with van der Waals surface area (Å²) in [5.41, 5.74) is 0.742. The second-order valence-electron chi connectivity index (χ2n) is 6.65. The van der Waals surface area contributed by atoms with E-state index < -0.39 is 12.6 Å². The number of hydrogen-bond donors (Lipinski definition) is 1. The third kappa shape index (κ3) is 3.87. The smallest absolute Gasteiger partial charge is 0.341 e. The molecule has 1 amide bonds. The minimum absolute atomic E-state index is 0.0126. The van der Waals surface area contributed by atoms with Crippen LogP contribution in [0.15, 0.2) is 24.3 Å². The van der Waals surface area contributed by atoms with Gasteiger partial charge in [-0.25, -0.2) is 4.79 Å². The summed E-state index contributed by atoms with van der Waals surface area (Å²) in [5, 5.41) is 8.69. The molecule has 0 aliphatic carbocycles. The van der Waals surface area contributed by atoms with Crippen molar-refractivity contribution in [1.82, 2.24) is 4.90 Å². The molecule has 0 bridgehead atoms. The molecule has 1 spiro atoms. The Labute approximate surface area is 141 Å². The second-order valence-corrected chi connectivity index (χ2v) is 6.65. The molecule has 1 N–H and O–H groups in total. The molecule has 0 atom stereocenters. The average molecular weight is 333 g/mol. The van der Waals surface area contributed by atoms with E-state index in [9.17, 15) is 9.59 Å². The van der Waals surface area contributed by atoms with Gasteiger partial charge in [0, 0.05) is 31.9 Å². The topological polar surface area (TPSA) is 76.1 Å². The molecule has 2 saturated heterocycles. The van der Waals surface area contributed by atoms with Gasteiger partial charge < -0.3 is 19.5 Å². The fraction of sp³-hybridized carbons (Fsp3) is 0.556. The Kier molecular flexibility index (Phi) is 5.04. The number of ether oxygens (including phenoxy) is 2. The number of amides is 1. The third-order valence-corrected chi connectivity index (χ3v) is 4.95. The monoisotopic (exact) mass is 333 g/mol. The van der Waals surface area contributed by atoms with Crippen molar-refractivity contribution >= 4 is 11.9 Å². The van der Waals surface area contributed by atoms with Gasteiger partial charge in [0.1, 0.15) is 5.75 Å². The minimum atomic E-state index is -1.04. The van der Waals surface area contributed by atoms with Crippen LogP contribution in [0.1, 0.15) is 36.0 Å². The van der Waals surface area contributed by atoms with Gasteiger partial charge in [0.2, 0.25) is 0 Å². The zero-order chi connectivity index (χ0) is 17.0. The van der Waals surface area contributed by atoms with Crippen LogP contribution >= 0.6 is 0 Å². The first-order valence-electron chi connectivity index (χ1n) is 8.40. The number of aliphatic carboxylic acids is 1. The highest BCUT2D eigenvalue weighted by Gasteiger charge is 2.38. The highest BCUT2D eigenvalue weighted by atomic mass is 16.5. The highest BCUT2D eigenvalue weighted by Crippen LogP contribution is 2.39. The molecule has 2 heterocycles. The van der Waals surface area contributed by atoms with Gasteiger partial charge in [0.05, 0.1) is 0 Å². The number of rotatable bonds is 4. The maximum Gasteiger partial charge on any atom is 0.341 e.